The van der Waals surface area contributed by atoms with Gasteiger partial charge in [-0.15, -0.1) is 0 Å². The van der Waals surface area contributed by atoms with Gasteiger partial charge in [0, 0.05) is 16.1 Å². The van der Waals surface area contributed by atoms with Crippen LogP contribution in [0.3, 0.4) is 0 Å². The average Bonchev–Trinajstić information content (AvgIpc) is 3.70. The lowest BCUT2D eigenvalue weighted by atomic mass is 9.81. The van der Waals surface area contributed by atoms with Crippen LogP contribution < -0.4 is 9.47 Å². The van der Waals surface area contributed by atoms with E-state index in [1.165, 1.54) is 55.6 Å². The first-order chi connectivity index (χ1) is 20.2. The first-order valence-electron chi connectivity index (χ1n) is 13.7. The molecule has 214 valence electrons. The maximum absolute atomic E-state index is 13.7. The van der Waals surface area contributed by atoms with Crippen LogP contribution in [0, 0.1) is 23.7 Å². The molecule has 0 unspecified atom stereocenters. The summed E-state index contributed by atoms with van der Waals surface area (Å²) in [6.45, 7) is -0.531. The number of esters is 1. The summed E-state index contributed by atoms with van der Waals surface area (Å²) in [4.78, 5) is 66.8. The minimum Gasteiger partial charge on any atom is -0.497 e. The van der Waals surface area contributed by atoms with E-state index in [9.17, 15) is 24.0 Å². The molecule has 10 heteroatoms. The number of Topliss-reactive ketones (excluding diaryl/α,β-unsaturated/α-hetero) is 1. The first-order valence-corrected chi connectivity index (χ1v) is 14.1. The highest BCUT2D eigenvalue weighted by Crippen LogP contribution is 2.56. The normalized spacial score (nSPS) is 22.2. The Morgan fingerprint density at radius 1 is 0.833 bits per heavy atom. The van der Waals surface area contributed by atoms with E-state index in [2.05, 4.69) is 0 Å². The van der Waals surface area contributed by atoms with Crippen molar-refractivity contribution < 1.29 is 33.4 Å². The van der Waals surface area contributed by atoms with E-state index >= 15 is 0 Å². The first kappa shape index (κ1) is 27.7. The van der Waals surface area contributed by atoms with Gasteiger partial charge in [0.05, 0.1) is 24.5 Å². The Balaban J connectivity index is 1.22. The van der Waals surface area contributed by atoms with Gasteiger partial charge < -0.3 is 9.47 Å². The van der Waals surface area contributed by atoms with Crippen LogP contribution in [0.2, 0.25) is 5.02 Å². The number of fused-ring (bicyclic) bond motifs is 5. The van der Waals surface area contributed by atoms with E-state index in [4.69, 9.17) is 21.1 Å². The van der Waals surface area contributed by atoms with Crippen LogP contribution in [0.15, 0.2) is 72.8 Å². The largest absolute Gasteiger partial charge is 0.497 e. The van der Waals surface area contributed by atoms with Crippen molar-refractivity contribution in [2.24, 2.45) is 23.7 Å². The Morgan fingerprint density at radius 2 is 1.45 bits per heavy atom. The number of ether oxygens (including phenoxy) is 2. The Kier molecular flexibility index (Phi) is 7.28. The fourth-order valence-corrected chi connectivity index (χ4v) is 6.58. The van der Waals surface area contributed by atoms with Crippen LogP contribution in [0.4, 0.5) is 0 Å². The van der Waals surface area contributed by atoms with Crippen molar-refractivity contribution in [2.45, 2.75) is 19.3 Å². The van der Waals surface area contributed by atoms with Crippen LogP contribution in [0.25, 0.3) is 0 Å². The quantitative estimate of drug-likeness (QED) is 0.161. The highest BCUT2D eigenvalue weighted by atomic mass is 35.5. The zero-order valence-corrected chi connectivity index (χ0v) is 23.5. The van der Waals surface area contributed by atoms with E-state index in [-0.39, 0.29) is 28.7 Å². The van der Waals surface area contributed by atoms with Crippen molar-refractivity contribution in [2.75, 3.05) is 13.7 Å². The number of imide groups is 1. The molecule has 9 nitrogen and oxygen atoms in total. The second kappa shape index (κ2) is 11.1. The smallest absolute Gasteiger partial charge is 0.343 e. The molecule has 4 atom stereocenters. The Bertz CT molecular complexity index is 1560. The van der Waals surface area contributed by atoms with Gasteiger partial charge in [0.15, 0.2) is 5.78 Å². The fraction of sp³-hybridized carbons (Fsp3) is 0.281. The number of hydrogen-bond donors (Lipinski definition) is 0. The fourth-order valence-electron chi connectivity index (χ4n) is 6.46. The second-order valence-electron chi connectivity index (χ2n) is 10.8. The summed E-state index contributed by atoms with van der Waals surface area (Å²) in [6, 6.07) is 18.4. The summed E-state index contributed by atoms with van der Waals surface area (Å²) < 4.78 is 10.6. The molecule has 42 heavy (non-hydrogen) atoms. The number of nitrogens with zero attached hydrogens (tertiary/aromatic N) is 2. The zero-order chi connectivity index (χ0) is 29.5. The number of ketones is 1. The van der Waals surface area contributed by atoms with Gasteiger partial charge in [-0.25, -0.2) is 9.80 Å². The van der Waals surface area contributed by atoms with Crippen LogP contribution in [0.5, 0.6) is 11.5 Å². The number of rotatable bonds is 8. The number of hydrazine groups is 1. The Hall–Kier alpha value is -4.50. The van der Waals surface area contributed by atoms with Crippen molar-refractivity contribution in [3.05, 3.63) is 94.5 Å². The SMILES string of the molecule is COc1cccc(C(=O)Oc2ccc(C(=O)CN(C(=O)c3ccc(Cl)cc3)N3C(=O)[C@@H]4[C@H]5CC[C@@H](C5)[C@@H]4C3=O)cc2)c1. The van der Waals surface area contributed by atoms with Crippen LogP contribution in [0.1, 0.15) is 50.3 Å². The average molecular weight is 587 g/mol. The number of carbonyl (C=O) groups excluding carboxylic acids is 5. The van der Waals surface area contributed by atoms with Gasteiger partial charge >= 0.3 is 5.97 Å². The van der Waals surface area contributed by atoms with E-state index in [1.54, 1.807) is 24.3 Å². The van der Waals surface area contributed by atoms with Gasteiger partial charge in [-0.05, 0) is 97.8 Å². The Morgan fingerprint density at radius 3 is 2.07 bits per heavy atom. The lowest BCUT2D eigenvalue weighted by molar-refractivity contribution is -0.155. The van der Waals surface area contributed by atoms with Crippen molar-refractivity contribution in [3.63, 3.8) is 0 Å². The van der Waals surface area contributed by atoms with E-state index in [0.29, 0.717) is 16.3 Å². The molecule has 0 radical (unpaired) electrons. The number of amides is 3. The predicted molar refractivity (Wildman–Crippen MR) is 151 cm³/mol. The molecule has 1 aliphatic heterocycles. The molecule has 3 aromatic carbocycles. The van der Waals surface area contributed by atoms with Crippen molar-refractivity contribution in [3.8, 4) is 11.5 Å². The highest BCUT2D eigenvalue weighted by molar-refractivity contribution is 6.30. The molecule has 2 aliphatic carbocycles. The summed E-state index contributed by atoms with van der Waals surface area (Å²) in [5.74, 6) is -2.54. The number of hydrogen-bond acceptors (Lipinski definition) is 7. The topological polar surface area (TPSA) is 110 Å². The molecule has 0 aromatic heterocycles. The molecule has 3 fully saturated rings. The summed E-state index contributed by atoms with van der Waals surface area (Å²) in [7, 11) is 1.50. The molecule has 6 rings (SSSR count). The zero-order valence-electron chi connectivity index (χ0n) is 22.7. The second-order valence-corrected chi connectivity index (χ2v) is 11.2. The summed E-state index contributed by atoms with van der Waals surface area (Å²) >= 11 is 6.00. The molecule has 3 amide bonds. The number of carbonyl (C=O) groups is 5. The van der Waals surface area contributed by atoms with Crippen LogP contribution >= 0.6 is 11.6 Å². The van der Waals surface area contributed by atoms with E-state index < -0.39 is 47.9 Å². The van der Waals surface area contributed by atoms with Gasteiger partial charge in [-0.2, -0.15) is 5.01 Å². The van der Waals surface area contributed by atoms with Gasteiger partial charge in [-0.1, -0.05) is 17.7 Å². The molecule has 2 bridgehead atoms. The van der Waals surface area contributed by atoms with Crippen molar-refractivity contribution in [1.29, 1.82) is 0 Å². The van der Waals surface area contributed by atoms with Gasteiger partial charge in [0.1, 0.15) is 18.0 Å². The van der Waals surface area contributed by atoms with Gasteiger partial charge in [0.25, 0.3) is 17.7 Å². The summed E-state index contributed by atoms with van der Waals surface area (Å²) in [6.07, 6.45) is 2.62. The van der Waals surface area contributed by atoms with Crippen LogP contribution in [-0.4, -0.2) is 53.1 Å². The molecule has 1 heterocycles. The molecule has 3 aliphatic rings. The molecule has 3 aromatic rings. The number of halogens is 1. The van der Waals surface area contributed by atoms with Crippen molar-refractivity contribution in [1.82, 2.24) is 10.0 Å². The summed E-state index contributed by atoms with van der Waals surface area (Å²) in [5, 5.41) is 2.28. The molecular formula is C32H27ClN2O7. The molecular weight excluding hydrogens is 560 g/mol. The maximum Gasteiger partial charge on any atom is 0.343 e. The van der Waals surface area contributed by atoms with Gasteiger partial charge in [0.2, 0.25) is 0 Å². The monoisotopic (exact) mass is 586 g/mol. The standard InChI is InChI=1S/C32H27ClN2O7/c1-41-25-4-2-3-22(16-25)32(40)42-24-13-9-18(10-14-24)26(36)17-34(29(37)19-7-11-23(33)12-8-19)35-30(38)27-20-5-6-21(15-20)28(27)31(35)39/h2-4,7-14,16,20-21,27-28H,5-6,15,17H2,1H3/t20-,21-,27-,28+/m0/s1. The third kappa shape index (κ3) is 4.94. The molecule has 1 saturated heterocycles. The third-order valence-corrected chi connectivity index (χ3v) is 8.71. The third-order valence-electron chi connectivity index (χ3n) is 8.46. The van der Waals surface area contributed by atoms with E-state index in [1.807, 2.05) is 0 Å². The predicted octanol–water partition coefficient (Wildman–Crippen LogP) is 4.84. The van der Waals surface area contributed by atoms with Gasteiger partial charge in [-0.3, -0.25) is 19.2 Å². The van der Waals surface area contributed by atoms with Crippen LogP contribution in [-0.2, 0) is 9.59 Å². The molecule has 0 N–H and O–H groups in total. The Labute approximate surface area is 246 Å². The summed E-state index contributed by atoms with van der Waals surface area (Å²) in [5.41, 5.74) is 0.695. The minimum absolute atomic E-state index is 0.122. The number of methoxy groups -OCH3 is 1. The minimum atomic E-state index is -0.655. The maximum atomic E-state index is 13.7. The number of benzene rings is 3. The highest BCUT2D eigenvalue weighted by Gasteiger charge is 2.62. The molecule has 0 spiro atoms. The van der Waals surface area contributed by atoms with Crippen molar-refractivity contribution >= 4 is 41.1 Å². The van der Waals surface area contributed by atoms with E-state index in [0.717, 1.165) is 29.3 Å². The lowest BCUT2D eigenvalue weighted by Gasteiger charge is -2.30. The lowest BCUT2D eigenvalue weighted by Crippen LogP contribution is -2.52. The molecule has 2 saturated carbocycles.